The summed E-state index contributed by atoms with van der Waals surface area (Å²) in [4.78, 5) is 27.6. The Labute approximate surface area is 155 Å². The van der Waals surface area contributed by atoms with E-state index in [0.29, 0.717) is 37.7 Å². The van der Waals surface area contributed by atoms with Gasteiger partial charge in [-0.05, 0) is 58.9 Å². The van der Waals surface area contributed by atoms with Crippen LogP contribution < -0.4 is 9.47 Å². The summed E-state index contributed by atoms with van der Waals surface area (Å²) in [6.45, 7) is 10.9. The third-order valence-corrected chi connectivity index (χ3v) is 3.58. The van der Waals surface area contributed by atoms with E-state index in [2.05, 4.69) is 0 Å². The van der Waals surface area contributed by atoms with E-state index < -0.39 is 11.7 Å². The molecule has 0 radical (unpaired) electrons. The number of hydrogen-bond donors (Lipinski definition) is 0. The topological polar surface area (TPSA) is 68.3 Å². The number of likely N-dealkylation sites (N-methyl/N-ethyl adjacent to an activating group) is 2. The Morgan fingerprint density at radius 3 is 1.77 bits per heavy atom. The predicted octanol–water partition coefficient (Wildman–Crippen LogP) is 3.77. The van der Waals surface area contributed by atoms with Gasteiger partial charge in [0.25, 0.3) is 0 Å². The number of ether oxygens (including phenoxy) is 3. The first-order chi connectivity index (χ1) is 12.2. The first-order valence-electron chi connectivity index (χ1n) is 8.78. The van der Waals surface area contributed by atoms with Gasteiger partial charge in [-0.1, -0.05) is 0 Å². The Bertz CT molecular complexity index is 581. The molecule has 26 heavy (non-hydrogen) atoms. The molecule has 1 aromatic carbocycles. The van der Waals surface area contributed by atoms with Crippen molar-refractivity contribution >= 4 is 12.2 Å². The average Bonchev–Trinajstić information content (AvgIpc) is 2.57. The molecule has 0 spiro atoms. The Morgan fingerprint density at radius 1 is 0.885 bits per heavy atom. The standard InChI is InChI=1S/C19H30N2O5/c1-7-20(13-14-21(8-2)18(23)26-19(3,4)5)17(22)25-16-11-9-15(24-6)10-12-16/h9-12H,7-8,13-14H2,1-6H3. The van der Waals surface area contributed by atoms with Gasteiger partial charge >= 0.3 is 12.2 Å². The van der Waals surface area contributed by atoms with Gasteiger partial charge in [0.15, 0.2) is 0 Å². The second-order valence-corrected chi connectivity index (χ2v) is 6.68. The molecule has 0 aliphatic heterocycles. The lowest BCUT2D eigenvalue weighted by molar-refractivity contribution is 0.0244. The predicted molar refractivity (Wildman–Crippen MR) is 99.7 cm³/mol. The quantitative estimate of drug-likeness (QED) is 0.735. The van der Waals surface area contributed by atoms with Crippen LogP contribution in [0.1, 0.15) is 34.6 Å². The van der Waals surface area contributed by atoms with Crippen molar-refractivity contribution in [3.8, 4) is 11.5 Å². The second kappa shape index (κ2) is 9.89. The fraction of sp³-hybridized carbons (Fsp3) is 0.579. The highest BCUT2D eigenvalue weighted by Crippen LogP contribution is 2.18. The molecule has 0 fully saturated rings. The number of amides is 2. The van der Waals surface area contributed by atoms with Crippen LogP contribution in [-0.2, 0) is 4.74 Å². The molecule has 0 atom stereocenters. The lowest BCUT2D eigenvalue weighted by atomic mass is 10.2. The number of hydrogen-bond acceptors (Lipinski definition) is 5. The summed E-state index contributed by atoms with van der Waals surface area (Å²) >= 11 is 0. The van der Waals surface area contributed by atoms with Gasteiger partial charge in [0.05, 0.1) is 7.11 Å². The zero-order valence-corrected chi connectivity index (χ0v) is 16.6. The van der Waals surface area contributed by atoms with Crippen LogP contribution in [-0.4, -0.2) is 60.9 Å². The molecule has 0 aromatic heterocycles. The van der Waals surface area contributed by atoms with Crippen molar-refractivity contribution in [1.82, 2.24) is 9.80 Å². The van der Waals surface area contributed by atoms with E-state index in [4.69, 9.17) is 14.2 Å². The SMILES string of the molecule is CCN(CCN(CC)C(=O)OC(C)(C)C)C(=O)Oc1ccc(OC)cc1. The minimum Gasteiger partial charge on any atom is -0.497 e. The smallest absolute Gasteiger partial charge is 0.415 e. The highest BCUT2D eigenvalue weighted by atomic mass is 16.6. The molecule has 2 amide bonds. The van der Waals surface area contributed by atoms with E-state index in [1.165, 1.54) is 4.90 Å². The van der Waals surface area contributed by atoms with Gasteiger partial charge in [-0.3, -0.25) is 0 Å². The Balaban J connectivity index is 2.60. The van der Waals surface area contributed by atoms with Crippen molar-refractivity contribution in [2.24, 2.45) is 0 Å². The summed E-state index contributed by atoms with van der Waals surface area (Å²) in [5.74, 6) is 1.13. The minimum atomic E-state index is -0.553. The third kappa shape index (κ3) is 7.21. The van der Waals surface area contributed by atoms with Crippen LogP contribution >= 0.6 is 0 Å². The largest absolute Gasteiger partial charge is 0.497 e. The first kappa shape index (κ1) is 21.6. The van der Waals surface area contributed by atoms with Gasteiger partial charge in [-0.25, -0.2) is 9.59 Å². The minimum absolute atomic E-state index is 0.360. The molecule has 0 N–H and O–H groups in total. The maximum Gasteiger partial charge on any atom is 0.415 e. The van der Waals surface area contributed by atoms with Gasteiger partial charge < -0.3 is 24.0 Å². The van der Waals surface area contributed by atoms with E-state index in [9.17, 15) is 9.59 Å². The molecule has 7 nitrogen and oxygen atoms in total. The van der Waals surface area contributed by atoms with Crippen molar-refractivity contribution in [1.29, 1.82) is 0 Å². The molecule has 146 valence electrons. The monoisotopic (exact) mass is 366 g/mol. The summed E-state index contributed by atoms with van der Waals surface area (Å²) in [5.41, 5.74) is -0.553. The lowest BCUT2D eigenvalue weighted by Crippen LogP contribution is -2.43. The average molecular weight is 366 g/mol. The van der Waals surface area contributed by atoms with E-state index >= 15 is 0 Å². The molecular weight excluding hydrogens is 336 g/mol. The fourth-order valence-electron chi connectivity index (χ4n) is 2.13. The summed E-state index contributed by atoms with van der Waals surface area (Å²) in [5, 5.41) is 0. The number of carbonyl (C=O) groups is 2. The van der Waals surface area contributed by atoms with E-state index in [0.717, 1.165) is 0 Å². The van der Waals surface area contributed by atoms with Crippen molar-refractivity contribution in [2.75, 3.05) is 33.3 Å². The van der Waals surface area contributed by atoms with Crippen molar-refractivity contribution in [2.45, 2.75) is 40.2 Å². The van der Waals surface area contributed by atoms with Crippen LogP contribution in [0.5, 0.6) is 11.5 Å². The molecule has 7 heteroatoms. The summed E-state index contributed by atoms with van der Waals surface area (Å²) in [6.07, 6.45) is -0.850. The molecule has 0 saturated heterocycles. The first-order valence-corrected chi connectivity index (χ1v) is 8.78. The van der Waals surface area contributed by atoms with Crippen LogP contribution in [0.15, 0.2) is 24.3 Å². The van der Waals surface area contributed by atoms with Gasteiger partial charge in [0.1, 0.15) is 17.1 Å². The highest BCUT2D eigenvalue weighted by Gasteiger charge is 2.22. The zero-order chi connectivity index (χ0) is 19.7. The van der Waals surface area contributed by atoms with E-state index in [-0.39, 0.29) is 6.09 Å². The van der Waals surface area contributed by atoms with Gasteiger partial charge in [-0.2, -0.15) is 0 Å². The van der Waals surface area contributed by atoms with Crippen molar-refractivity contribution in [3.63, 3.8) is 0 Å². The van der Waals surface area contributed by atoms with Gasteiger partial charge in [0.2, 0.25) is 0 Å². The molecular formula is C19H30N2O5. The molecule has 1 aromatic rings. The maximum atomic E-state index is 12.3. The van der Waals surface area contributed by atoms with Crippen LogP contribution in [0, 0.1) is 0 Å². The molecule has 0 bridgehead atoms. The van der Waals surface area contributed by atoms with Crippen molar-refractivity contribution in [3.05, 3.63) is 24.3 Å². The number of carbonyl (C=O) groups excluding carboxylic acids is 2. The molecule has 0 saturated carbocycles. The van der Waals surface area contributed by atoms with Crippen LogP contribution in [0.2, 0.25) is 0 Å². The molecule has 0 aliphatic carbocycles. The summed E-state index contributed by atoms with van der Waals surface area (Å²) < 4.78 is 15.8. The van der Waals surface area contributed by atoms with Crippen LogP contribution in [0.4, 0.5) is 9.59 Å². The second-order valence-electron chi connectivity index (χ2n) is 6.68. The fourth-order valence-corrected chi connectivity index (χ4v) is 2.13. The molecule has 0 aliphatic rings. The number of methoxy groups -OCH3 is 1. The Morgan fingerprint density at radius 2 is 1.35 bits per heavy atom. The molecule has 1 rings (SSSR count). The number of nitrogens with zero attached hydrogens (tertiary/aromatic N) is 2. The molecule has 0 heterocycles. The Kier molecular flexibility index (Phi) is 8.22. The van der Waals surface area contributed by atoms with E-state index in [1.807, 2.05) is 34.6 Å². The van der Waals surface area contributed by atoms with Gasteiger partial charge in [-0.15, -0.1) is 0 Å². The Hall–Kier alpha value is -2.44. The summed E-state index contributed by atoms with van der Waals surface area (Å²) in [6, 6.07) is 6.79. The van der Waals surface area contributed by atoms with Crippen LogP contribution in [0.3, 0.4) is 0 Å². The number of benzene rings is 1. The lowest BCUT2D eigenvalue weighted by Gasteiger charge is -2.28. The summed E-state index contributed by atoms with van der Waals surface area (Å²) in [7, 11) is 1.57. The van der Waals surface area contributed by atoms with Gasteiger partial charge in [0, 0.05) is 26.2 Å². The van der Waals surface area contributed by atoms with Crippen LogP contribution in [0.25, 0.3) is 0 Å². The highest BCUT2D eigenvalue weighted by molar-refractivity contribution is 5.71. The van der Waals surface area contributed by atoms with Crippen molar-refractivity contribution < 1.29 is 23.8 Å². The third-order valence-electron chi connectivity index (χ3n) is 3.58. The zero-order valence-electron chi connectivity index (χ0n) is 16.6. The molecule has 0 unspecified atom stereocenters. The van der Waals surface area contributed by atoms with E-state index in [1.54, 1.807) is 36.3 Å². The normalized spacial score (nSPS) is 10.8. The number of rotatable bonds is 7. The maximum absolute atomic E-state index is 12.3.